The molecule has 0 spiro atoms. The highest BCUT2D eigenvalue weighted by Gasteiger charge is 2.12. The number of aliphatic carboxylic acids is 1. The third-order valence-corrected chi connectivity index (χ3v) is 1.86. The van der Waals surface area contributed by atoms with E-state index in [4.69, 9.17) is 10.00 Å². The molecule has 2 atom stereocenters. The first-order valence-corrected chi connectivity index (χ1v) is 4.05. The van der Waals surface area contributed by atoms with E-state index in [-0.39, 0.29) is 6.16 Å². The van der Waals surface area contributed by atoms with Crippen molar-refractivity contribution in [3.05, 3.63) is 0 Å². The second-order valence-electron chi connectivity index (χ2n) is 1.84. The molecule has 54 valence electrons. The SMILES string of the molecule is CC(C[PH](=O)O)C(=O)O. The van der Waals surface area contributed by atoms with Crippen molar-refractivity contribution in [3.8, 4) is 0 Å². The number of hydrogen-bond donors (Lipinski definition) is 2. The molecule has 2 unspecified atom stereocenters. The summed E-state index contributed by atoms with van der Waals surface area (Å²) in [5.41, 5.74) is 0. The third-order valence-electron chi connectivity index (χ3n) is 0.902. The van der Waals surface area contributed by atoms with Gasteiger partial charge < -0.3 is 10.00 Å². The maximum Gasteiger partial charge on any atom is 0.306 e. The van der Waals surface area contributed by atoms with Gasteiger partial charge in [0.25, 0.3) is 0 Å². The van der Waals surface area contributed by atoms with Gasteiger partial charge in [0, 0.05) is 6.16 Å². The van der Waals surface area contributed by atoms with Crippen molar-refractivity contribution >= 4 is 14.0 Å². The van der Waals surface area contributed by atoms with Gasteiger partial charge in [-0.05, 0) is 0 Å². The van der Waals surface area contributed by atoms with Crippen LogP contribution in [0.2, 0.25) is 0 Å². The number of hydrogen-bond acceptors (Lipinski definition) is 2. The largest absolute Gasteiger partial charge is 0.481 e. The summed E-state index contributed by atoms with van der Waals surface area (Å²) >= 11 is 0. The van der Waals surface area contributed by atoms with Crippen molar-refractivity contribution < 1.29 is 19.4 Å². The van der Waals surface area contributed by atoms with Crippen molar-refractivity contribution in [1.29, 1.82) is 0 Å². The summed E-state index contributed by atoms with van der Waals surface area (Å²) < 4.78 is 10.0. The Morgan fingerprint density at radius 3 is 2.33 bits per heavy atom. The second-order valence-corrected chi connectivity index (χ2v) is 3.03. The summed E-state index contributed by atoms with van der Waals surface area (Å²) in [6.45, 7) is 1.40. The zero-order valence-corrected chi connectivity index (χ0v) is 6.00. The standard InChI is InChI=1S/C4H9O4P/c1-3(4(5)6)2-9(7)8/h3,9H,2H2,1H3,(H,5,6)(H,7,8). The van der Waals surface area contributed by atoms with Gasteiger partial charge in [0.1, 0.15) is 0 Å². The van der Waals surface area contributed by atoms with Crippen molar-refractivity contribution in [3.63, 3.8) is 0 Å². The van der Waals surface area contributed by atoms with E-state index in [9.17, 15) is 9.36 Å². The smallest absolute Gasteiger partial charge is 0.306 e. The molecule has 0 saturated heterocycles. The van der Waals surface area contributed by atoms with Crippen LogP contribution in [-0.2, 0) is 9.36 Å². The highest BCUT2D eigenvalue weighted by atomic mass is 31.1. The zero-order chi connectivity index (χ0) is 7.44. The molecule has 2 N–H and O–H groups in total. The van der Waals surface area contributed by atoms with Crippen LogP contribution in [0.15, 0.2) is 0 Å². The van der Waals surface area contributed by atoms with Crippen LogP contribution in [-0.4, -0.2) is 22.1 Å². The maximum atomic E-state index is 10.0. The van der Waals surface area contributed by atoms with Crippen molar-refractivity contribution in [2.75, 3.05) is 6.16 Å². The van der Waals surface area contributed by atoms with Crippen LogP contribution in [0, 0.1) is 5.92 Å². The molecule has 0 fully saturated rings. The first-order chi connectivity index (χ1) is 4.04. The minimum absolute atomic E-state index is 0.125. The Morgan fingerprint density at radius 1 is 1.78 bits per heavy atom. The molecule has 0 rings (SSSR count). The Kier molecular flexibility index (Phi) is 3.50. The molecule has 5 heteroatoms. The van der Waals surface area contributed by atoms with Gasteiger partial charge in [-0.1, -0.05) is 6.92 Å². The van der Waals surface area contributed by atoms with Gasteiger partial charge in [0.05, 0.1) is 5.92 Å². The van der Waals surface area contributed by atoms with Crippen LogP contribution < -0.4 is 0 Å². The molecule has 4 nitrogen and oxygen atoms in total. The van der Waals surface area contributed by atoms with Gasteiger partial charge in [0.2, 0.25) is 0 Å². The topological polar surface area (TPSA) is 74.6 Å². The Bertz CT molecular complexity index is 133. The van der Waals surface area contributed by atoms with Crippen molar-refractivity contribution in [1.82, 2.24) is 0 Å². The lowest BCUT2D eigenvalue weighted by Crippen LogP contribution is -2.11. The molecule has 0 aliphatic heterocycles. The fourth-order valence-electron chi connectivity index (χ4n) is 0.349. The quantitative estimate of drug-likeness (QED) is 0.565. The lowest BCUT2D eigenvalue weighted by atomic mass is 10.2. The minimum Gasteiger partial charge on any atom is -0.481 e. The average molecular weight is 152 g/mol. The molecule has 0 saturated carbocycles. The van der Waals surface area contributed by atoms with Crippen LogP contribution in [0.25, 0.3) is 0 Å². The second kappa shape index (κ2) is 3.64. The first kappa shape index (κ1) is 8.66. The van der Waals surface area contributed by atoms with Gasteiger partial charge in [-0.2, -0.15) is 0 Å². The van der Waals surface area contributed by atoms with E-state index < -0.39 is 19.9 Å². The molecule has 0 aromatic heterocycles. The van der Waals surface area contributed by atoms with E-state index in [1.54, 1.807) is 0 Å². The Morgan fingerprint density at radius 2 is 2.22 bits per heavy atom. The normalized spacial score (nSPS) is 16.7. The predicted octanol–water partition coefficient (Wildman–Crippen LogP) is 0.174. The van der Waals surface area contributed by atoms with E-state index in [1.165, 1.54) is 6.92 Å². The monoisotopic (exact) mass is 152 g/mol. The van der Waals surface area contributed by atoms with Crippen LogP contribution in [0.1, 0.15) is 6.92 Å². The minimum atomic E-state index is -2.61. The van der Waals surface area contributed by atoms with Crippen LogP contribution in [0.3, 0.4) is 0 Å². The summed E-state index contributed by atoms with van der Waals surface area (Å²) in [5, 5.41) is 8.20. The number of carboxylic acid groups (broad SMARTS) is 1. The molecule has 0 amide bonds. The molecule has 0 aromatic carbocycles. The fraction of sp³-hybridized carbons (Fsp3) is 0.750. The molecule has 0 aliphatic rings. The number of carbonyl (C=O) groups is 1. The maximum absolute atomic E-state index is 10.0. The number of rotatable bonds is 3. The first-order valence-electron chi connectivity index (χ1n) is 2.48. The van der Waals surface area contributed by atoms with Gasteiger partial charge >= 0.3 is 5.97 Å². The van der Waals surface area contributed by atoms with Gasteiger partial charge in [-0.3, -0.25) is 9.36 Å². The van der Waals surface area contributed by atoms with Gasteiger partial charge in [-0.15, -0.1) is 0 Å². The Balaban J connectivity index is 3.63. The molecule has 9 heavy (non-hydrogen) atoms. The van der Waals surface area contributed by atoms with E-state index >= 15 is 0 Å². The highest BCUT2D eigenvalue weighted by molar-refractivity contribution is 7.38. The van der Waals surface area contributed by atoms with E-state index in [0.29, 0.717) is 0 Å². The fourth-order valence-corrected chi connectivity index (χ4v) is 1.05. The molecule has 0 heterocycles. The van der Waals surface area contributed by atoms with E-state index in [0.717, 1.165) is 0 Å². The summed E-state index contributed by atoms with van der Waals surface area (Å²) in [6, 6.07) is 0. The van der Waals surface area contributed by atoms with Crippen LogP contribution >= 0.6 is 8.03 Å². The van der Waals surface area contributed by atoms with Gasteiger partial charge in [-0.25, -0.2) is 0 Å². The van der Waals surface area contributed by atoms with E-state index in [2.05, 4.69) is 0 Å². The van der Waals surface area contributed by atoms with Crippen molar-refractivity contribution in [2.24, 2.45) is 5.92 Å². The lowest BCUT2D eigenvalue weighted by molar-refractivity contribution is -0.140. The molecule has 0 bridgehead atoms. The molecule has 0 aliphatic carbocycles. The number of carboxylic acids is 1. The van der Waals surface area contributed by atoms with Crippen molar-refractivity contribution in [2.45, 2.75) is 6.92 Å². The summed E-state index contributed by atoms with van der Waals surface area (Å²) in [4.78, 5) is 18.3. The van der Waals surface area contributed by atoms with Crippen LogP contribution in [0.4, 0.5) is 0 Å². The molecule has 0 radical (unpaired) electrons. The third kappa shape index (κ3) is 4.18. The van der Waals surface area contributed by atoms with E-state index in [1.807, 2.05) is 0 Å². The Hall–Kier alpha value is -0.340. The highest BCUT2D eigenvalue weighted by Crippen LogP contribution is 2.17. The summed E-state index contributed by atoms with van der Waals surface area (Å²) in [7, 11) is -2.61. The van der Waals surface area contributed by atoms with Crippen LogP contribution in [0.5, 0.6) is 0 Å². The molecule has 0 aromatic rings. The summed E-state index contributed by atoms with van der Waals surface area (Å²) in [5.74, 6) is -1.73. The predicted molar refractivity (Wildman–Crippen MR) is 32.9 cm³/mol. The molecular weight excluding hydrogens is 143 g/mol. The lowest BCUT2D eigenvalue weighted by Gasteiger charge is -1.99. The average Bonchev–Trinajstić information content (AvgIpc) is 1.63. The van der Waals surface area contributed by atoms with Gasteiger partial charge in [0.15, 0.2) is 8.03 Å². The zero-order valence-electron chi connectivity index (χ0n) is 5.00. The summed E-state index contributed by atoms with van der Waals surface area (Å²) in [6.07, 6.45) is -0.125. The Labute approximate surface area is 53.4 Å². The molecular formula is C4H9O4P.